The van der Waals surface area contributed by atoms with E-state index in [1.54, 1.807) is 0 Å². The van der Waals surface area contributed by atoms with Gasteiger partial charge in [-0.25, -0.2) is 0 Å². The van der Waals surface area contributed by atoms with Crippen LogP contribution in [0, 0.1) is 0 Å². The van der Waals surface area contributed by atoms with Crippen molar-refractivity contribution in [3.63, 3.8) is 0 Å². The molecular weight excluding hydrogens is 349 g/mol. The summed E-state index contributed by atoms with van der Waals surface area (Å²) in [6, 6.07) is 3.76. The van der Waals surface area contributed by atoms with Gasteiger partial charge in [-0.3, -0.25) is 0 Å². The summed E-state index contributed by atoms with van der Waals surface area (Å²) in [4.78, 5) is 0. The van der Waals surface area contributed by atoms with Crippen molar-refractivity contribution in [3.8, 4) is 0 Å². The Bertz CT molecular complexity index is 460. The Hall–Kier alpha value is -0.443. The molecule has 0 unspecified atom stereocenters. The standard InChI is InChI=1S/C10H6Cl2F6OSi/c11-7(12)20-6-4-2-1-3-5(6)8(19,9(13,14)15)10(16,17)18/h1-4,7,19H. The lowest BCUT2D eigenvalue weighted by molar-refractivity contribution is -0.375. The third kappa shape index (κ3) is 3.24. The van der Waals surface area contributed by atoms with Crippen molar-refractivity contribution in [2.45, 2.75) is 22.4 Å². The Balaban J connectivity index is 3.52. The molecule has 1 N–H and O–H groups in total. The molecule has 0 bridgehead atoms. The summed E-state index contributed by atoms with van der Waals surface area (Å²) in [6.07, 6.45) is -11.9. The number of aliphatic hydroxyl groups is 1. The SMILES string of the molecule is OC(c1ccccc1[Si]C(Cl)Cl)(C(F)(F)F)C(F)(F)F. The molecule has 0 heterocycles. The van der Waals surface area contributed by atoms with Crippen molar-refractivity contribution in [2.24, 2.45) is 0 Å². The van der Waals surface area contributed by atoms with Crippen LogP contribution in [0.5, 0.6) is 0 Å². The molecule has 0 aliphatic heterocycles. The fourth-order valence-electron chi connectivity index (χ4n) is 1.51. The van der Waals surface area contributed by atoms with Gasteiger partial charge in [-0.2, -0.15) is 26.3 Å². The van der Waals surface area contributed by atoms with Gasteiger partial charge in [0.25, 0.3) is 5.60 Å². The van der Waals surface area contributed by atoms with E-state index in [0.717, 1.165) is 12.1 Å². The molecule has 112 valence electrons. The van der Waals surface area contributed by atoms with Crippen LogP contribution in [0.25, 0.3) is 0 Å². The normalized spacial score (nSPS) is 13.9. The van der Waals surface area contributed by atoms with Crippen molar-refractivity contribution < 1.29 is 31.4 Å². The van der Waals surface area contributed by atoms with Crippen molar-refractivity contribution in [3.05, 3.63) is 29.8 Å². The zero-order chi connectivity index (χ0) is 15.8. The van der Waals surface area contributed by atoms with E-state index >= 15 is 0 Å². The number of benzene rings is 1. The topological polar surface area (TPSA) is 20.2 Å². The molecule has 1 nitrogen and oxygen atoms in total. The Morgan fingerprint density at radius 1 is 0.950 bits per heavy atom. The van der Waals surface area contributed by atoms with E-state index in [2.05, 4.69) is 0 Å². The minimum absolute atomic E-state index is 0.403. The van der Waals surface area contributed by atoms with Gasteiger partial charge < -0.3 is 5.11 Å². The van der Waals surface area contributed by atoms with E-state index in [0.29, 0.717) is 6.07 Å². The smallest absolute Gasteiger partial charge is 0.369 e. The largest absolute Gasteiger partial charge is 0.430 e. The molecule has 0 aliphatic carbocycles. The van der Waals surface area contributed by atoms with Crippen molar-refractivity contribution >= 4 is 37.9 Å². The minimum atomic E-state index is -5.93. The highest BCUT2D eigenvalue weighted by atomic mass is 35.5. The van der Waals surface area contributed by atoms with E-state index in [4.69, 9.17) is 23.2 Å². The highest BCUT2D eigenvalue weighted by molar-refractivity contribution is 6.76. The Kier molecular flexibility index (Phi) is 5.06. The van der Waals surface area contributed by atoms with Crippen LogP contribution in [0.15, 0.2) is 24.3 Å². The monoisotopic (exact) mass is 354 g/mol. The third-order valence-electron chi connectivity index (χ3n) is 2.40. The molecule has 1 aromatic rings. The number of alkyl halides is 8. The van der Waals surface area contributed by atoms with Gasteiger partial charge >= 0.3 is 12.4 Å². The van der Waals surface area contributed by atoms with Crippen LogP contribution in [-0.2, 0) is 5.60 Å². The second-order valence-electron chi connectivity index (χ2n) is 3.70. The molecule has 2 radical (unpaired) electrons. The first-order valence-electron chi connectivity index (χ1n) is 4.91. The zero-order valence-electron chi connectivity index (χ0n) is 9.36. The maximum Gasteiger partial charge on any atom is 0.430 e. The van der Waals surface area contributed by atoms with E-state index in [1.807, 2.05) is 0 Å². The van der Waals surface area contributed by atoms with Gasteiger partial charge in [0.1, 0.15) is 9.52 Å². The Morgan fingerprint density at radius 2 is 1.40 bits per heavy atom. The lowest BCUT2D eigenvalue weighted by Crippen LogP contribution is -2.56. The van der Waals surface area contributed by atoms with Crippen molar-refractivity contribution in [1.29, 1.82) is 0 Å². The molecule has 0 atom stereocenters. The molecule has 10 heteroatoms. The number of hydrogen-bond acceptors (Lipinski definition) is 1. The van der Waals surface area contributed by atoms with Crippen molar-refractivity contribution in [1.82, 2.24) is 0 Å². The van der Waals surface area contributed by atoms with E-state index in [9.17, 15) is 31.4 Å². The first-order valence-corrected chi connectivity index (χ1v) is 6.86. The second kappa shape index (κ2) is 5.74. The Morgan fingerprint density at radius 3 is 1.80 bits per heavy atom. The zero-order valence-corrected chi connectivity index (χ0v) is 11.9. The fraction of sp³-hybridized carbons (Fsp3) is 0.400. The summed E-state index contributed by atoms with van der Waals surface area (Å²) in [5.41, 5.74) is -6.28. The van der Waals surface area contributed by atoms with Gasteiger partial charge in [-0.05, 0) is 0 Å². The van der Waals surface area contributed by atoms with Gasteiger partial charge in [0.2, 0.25) is 0 Å². The summed E-state index contributed by atoms with van der Waals surface area (Å²) >= 11 is 10.8. The molecule has 0 aromatic heterocycles. The molecule has 0 amide bonds. The summed E-state index contributed by atoms with van der Waals surface area (Å²) in [5.74, 6) is 0. The van der Waals surface area contributed by atoms with Crippen LogP contribution in [0.4, 0.5) is 26.3 Å². The van der Waals surface area contributed by atoms with Crippen LogP contribution in [-0.4, -0.2) is 31.4 Å². The van der Waals surface area contributed by atoms with Gasteiger partial charge in [0, 0.05) is 5.56 Å². The van der Waals surface area contributed by atoms with Crippen LogP contribution in [0.1, 0.15) is 5.56 Å². The molecule has 0 fully saturated rings. The highest BCUT2D eigenvalue weighted by Gasteiger charge is 2.71. The minimum Gasteiger partial charge on any atom is -0.369 e. The lowest BCUT2D eigenvalue weighted by Gasteiger charge is -2.34. The summed E-state index contributed by atoms with van der Waals surface area (Å²) in [5, 5.41) is 8.91. The van der Waals surface area contributed by atoms with E-state index < -0.39 is 42.7 Å². The predicted octanol–water partition coefficient (Wildman–Crippen LogP) is 3.09. The molecular formula is C10H6Cl2F6OSi. The van der Waals surface area contributed by atoms with Crippen LogP contribution < -0.4 is 5.19 Å². The average Bonchev–Trinajstić information content (AvgIpc) is 2.24. The summed E-state index contributed by atoms with van der Waals surface area (Å²) in [6.45, 7) is 0. The van der Waals surface area contributed by atoms with Gasteiger partial charge in [-0.1, -0.05) is 29.5 Å². The maximum absolute atomic E-state index is 12.8. The maximum atomic E-state index is 12.8. The quantitative estimate of drug-likeness (QED) is 0.502. The van der Waals surface area contributed by atoms with E-state index in [-0.39, 0.29) is 0 Å². The molecule has 0 aliphatic rings. The second-order valence-corrected chi connectivity index (χ2v) is 6.93. The summed E-state index contributed by atoms with van der Waals surface area (Å²) < 4.78 is 75.4. The van der Waals surface area contributed by atoms with Gasteiger partial charge in [0.05, 0.1) is 4.46 Å². The van der Waals surface area contributed by atoms with Crippen LogP contribution in [0.3, 0.4) is 0 Å². The first kappa shape index (κ1) is 17.6. The molecule has 20 heavy (non-hydrogen) atoms. The van der Waals surface area contributed by atoms with Gasteiger partial charge in [0.15, 0.2) is 0 Å². The third-order valence-corrected chi connectivity index (χ3v) is 4.02. The molecule has 0 spiro atoms. The summed E-state index contributed by atoms with van der Waals surface area (Å²) in [7, 11) is -0.738. The highest BCUT2D eigenvalue weighted by Crippen LogP contribution is 2.49. The Labute approximate surface area is 122 Å². The molecule has 1 rings (SSSR count). The van der Waals surface area contributed by atoms with Crippen LogP contribution in [0.2, 0.25) is 0 Å². The van der Waals surface area contributed by atoms with Gasteiger partial charge in [-0.15, -0.1) is 23.2 Å². The lowest BCUT2D eigenvalue weighted by atomic mass is 9.92. The number of rotatable bonds is 3. The predicted molar refractivity (Wildman–Crippen MR) is 63.3 cm³/mol. The van der Waals surface area contributed by atoms with Crippen molar-refractivity contribution in [2.75, 3.05) is 0 Å². The first-order chi connectivity index (χ1) is 8.91. The molecule has 0 saturated heterocycles. The van der Waals surface area contributed by atoms with Crippen LogP contribution >= 0.6 is 23.2 Å². The number of hydrogen-bond donors (Lipinski definition) is 1. The number of halogens is 8. The molecule has 0 saturated carbocycles. The fourth-order valence-corrected chi connectivity index (χ4v) is 3.06. The van der Waals surface area contributed by atoms with E-state index in [1.165, 1.54) is 6.07 Å². The average molecular weight is 355 g/mol. The molecule has 1 aromatic carbocycles.